The number of rotatable bonds is 3. The predicted molar refractivity (Wildman–Crippen MR) is 103 cm³/mol. The first kappa shape index (κ1) is 18.1. The van der Waals surface area contributed by atoms with E-state index in [1.807, 2.05) is 36.6 Å². The minimum atomic E-state index is -0.597. The zero-order valence-electron chi connectivity index (χ0n) is 15.3. The second kappa shape index (κ2) is 6.57. The molecule has 26 heavy (non-hydrogen) atoms. The van der Waals surface area contributed by atoms with Crippen molar-refractivity contribution in [2.45, 2.75) is 18.9 Å². The Bertz CT molecular complexity index is 869. The molecular weight excluding hydrogens is 348 g/mol. The lowest BCUT2D eigenvalue weighted by Crippen LogP contribution is -2.57. The molecule has 1 aromatic heterocycles. The van der Waals surface area contributed by atoms with Crippen molar-refractivity contribution in [1.29, 1.82) is 5.41 Å². The molecule has 0 aliphatic carbocycles. The van der Waals surface area contributed by atoms with Gasteiger partial charge in [0.1, 0.15) is 0 Å². The Morgan fingerprint density at radius 3 is 2.69 bits per heavy atom. The van der Waals surface area contributed by atoms with Crippen molar-refractivity contribution >= 4 is 29.1 Å². The van der Waals surface area contributed by atoms with Gasteiger partial charge < -0.3 is 10.2 Å². The molecule has 1 saturated heterocycles. The lowest BCUT2D eigenvalue weighted by Gasteiger charge is -2.38. The molecule has 136 valence electrons. The molecule has 1 aromatic carbocycles. The SMILES string of the molecule is CN(C)C(=O)c1cccc(-c2csc([C@]3(C)CC(=O)N(C)C(=N)N3)c2)c1. The van der Waals surface area contributed by atoms with E-state index in [4.69, 9.17) is 5.41 Å². The second-order valence-electron chi connectivity index (χ2n) is 6.92. The van der Waals surface area contributed by atoms with Crippen molar-refractivity contribution in [1.82, 2.24) is 15.1 Å². The molecule has 0 saturated carbocycles. The standard InChI is InChI=1S/C19H22N4O2S/c1-19(10-16(24)23(4)18(20)21-19)15-9-14(11-26-15)12-6-5-7-13(8-12)17(25)22(2)3/h5-9,11H,10H2,1-4H3,(H2,20,21)/t19-/m0/s1. The van der Waals surface area contributed by atoms with E-state index >= 15 is 0 Å². The average Bonchev–Trinajstić information content (AvgIpc) is 3.10. The van der Waals surface area contributed by atoms with Gasteiger partial charge in [0, 0.05) is 31.6 Å². The summed E-state index contributed by atoms with van der Waals surface area (Å²) in [5.74, 6) is -0.00709. The van der Waals surface area contributed by atoms with Crippen LogP contribution >= 0.6 is 11.3 Å². The molecule has 2 heterocycles. The number of carbonyl (C=O) groups excluding carboxylic acids is 2. The average molecular weight is 370 g/mol. The predicted octanol–water partition coefficient (Wildman–Crippen LogP) is 2.72. The van der Waals surface area contributed by atoms with Gasteiger partial charge in [0.05, 0.1) is 12.0 Å². The molecule has 1 aliphatic heterocycles. The maximum Gasteiger partial charge on any atom is 0.253 e. The number of amides is 2. The van der Waals surface area contributed by atoms with Crippen LogP contribution in [0, 0.1) is 5.41 Å². The van der Waals surface area contributed by atoms with Gasteiger partial charge in [-0.25, -0.2) is 0 Å². The van der Waals surface area contributed by atoms with Crippen LogP contribution in [-0.4, -0.2) is 48.7 Å². The van der Waals surface area contributed by atoms with E-state index in [-0.39, 0.29) is 17.8 Å². The van der Waals surface area contributed by atoms with Gasteiger partial charge in [-0.2, -0.15) is 0 Å². The van der Waals surface area contributed by atoms with E-state index in [9.17, 15) is 9.59 Å². The molecular formula is C19H22N4O2S. The second-order valence-corrected chi connectivity index (χ2v) is 7.83. The Hall–Kier alpha value is -2.67. The lowest BCUT2D eigenvalue weighted by atomic mass is 9.92. The largest absolute Gasteiger partial charge is 0.345 e. The minimum Gasteiger partial charge on any atom is -0.345 e. The van der Waals surface area contributed by atoms with E-state index in [0.717, 1.165) is 16.0 Å². The fourth-order valence-corrected chi connectivity index (χ4v) is 3.99. The van der Waals surface area contributed by atoms with Gasteiger partial charge in [-0.3, -0.25) is 19.9 Å². The van der Waals surface area contributed by atoms with Crippen molar-refractivity contribution < 1.29 is 9.59 Å². The third-order valence-electron chi connectivity index (χ3n) is 4.60. The summed E-state index contributed by atoms with van der Waals surface area (Å²) in [5, 5.41) is 13.1. The van der Waals surface area contributed by atoms with Crippen LogP contribution in [0.3, 0.4) is 0 Å². The van der Waals surface area contributed by atoms with Crippen molar-refractivity contribution in [2.24, 2.45) is 0 Å². The van der Waals surface area contributed by atoms with Gasteiger partial charge >= 0.3 is 0 Å². The molecule has 2 aromatic rings. The third-order valence-corrected chi connectivity index (χ3v) is 5.79. The van der Waals surface area contributed by atoms with E-state index in [2.05, 4.69) is 5.32 Å². The molecule has 0 spiro atoms. The lowest BCUT2D eigenvalue weighted by molar-refractivity contribution is -0.129. The molecule has 6 nitrogen and oxygen atoms in total. The molecule has 1 atom stereocenters. The van der Waals surface area contributed by atoms with Crippen LogP contribution in [0.25, 0.3) is 11.1 Å². The van der Waals surface area contributed by atoms with Gasteiger partial charge in [-0.1, -0.05) is 12.1 Å². The zero-order valence-corrected chi connectivity index (χ0v) is 16.1. The molecule has 7 heteroatoms. The van der Waals surface area contributed by atoms with Crippen LogP contribution in [0.15, 0.2) is 35.7 Å². The Labute approximate surface area is 156 Å². The summed E-state index contributed by atoms with van der Waals surface area (Å²) >= 11 is 1.55. The van der Waals surface area contributed by atoms with Crippen molar-refractivity contribution in [3.05, 3.63) is 46.2 Å². The van der Waals surface area contributed by atoms with Crippen LogP contribution in [0.4, 0.5) is 0 Å². The van der Waals surface area contributed by atoms with E-state index in [0.29, 0.717) is 12.0 Å². The minimum absolute atomic E-state index is 0.0368. The topological polar surface area (TPSA) is 76.5 Å². The van der Waals surface area contributed by atoms with Crippen molar-refractivity contribution in [2.75, 3.05) is 21.1 Å². The number of hydrogen-bond acceptors (Lipinski definition) is 4. The smallest absolute Gasteiger partial charge is 0.253 e. The van der Waals surface area contributed by atoms with Crippen LogP contribution in [-0.2, 0) is 10.3 Å². The molecule has 0 bridgehead atoms. The van der Waals surface area contributed by atoms with E-state index < -0.39 is 5.54 Å². The highest BCUT2D eigenvalue weighted by molar-refractivity contribution is 7.10. The summed E-state index contributed by atoms with van der Waals surface area (Å²) in [5.41, 5.74) is 2.00. The summed E-state index contributed by atoms with van der Waals surface area (Å²) in [6.07, 6.45) is 0.297. The molecule has 0 unspecified atom stereocenters. The van der Waals surface area contributed by atoms with Crippen LogP contribution in [0.5, 0.6) is 0 Å². The maximum atomic E-state index is 12.2. The summed E-state index contributed by atoms with van der Waals surface area (Å²) in [4.78, 5) is 28.2. The van der Waals surface area contributed by atoms with Gasteiger partial charge in [0.25, 0.3) is 5.91 Å². The summed E-state index contributed by atoms with van der Waals surface area (Å²) < 4.78 is 0. The first-order valence-electron chi connectivity index (χ1n) is 8.26. The fraction of sp³-hybridized carbons (Fsp3) is 0.316. The van der Waals surface area contributed by atoms with Gasteiger partial charge in [-0.05, 0) is 41.6 Å². The Morgan fingerprint density at radius 2 is 2.04 bits per heavy atom. The van der Waals surface area contributed by atoms with E-state index in [1.165, 1.54) is 4.90 Å². The Balaban J connectivity index is 1.91. The molecule has 2 N–H and O–H groups in total. The van der Waals surface area contributed by atoms with Crippen LogP contribution < -0.4 is 5.32 Å². The van der Waals surface area contributed by atoms with Gasteiger partial charge in [0.15, 0.2) is 5.96 Å². The Kier molecular flexibility index (Phi) is 4.58. The molecule has 2 amide bonds. The third kappa shape index (κ3) is 3.22. The first-order valence-corrected chi connectivity index (χ1v) is 9.13. The number of nitrogens with zero attached hydrogens (tertiary/aromatic N) is 2. The number of guanidine groups is 1. The first-order chi connectivity index (χ1) is 12.2. The molecule has 0 radical (unpaired) electrons. The summed E-state index contributed by atoms with van der Waals surface area (Å²) in [6, 6.07) is 9.56. The van der Waals surface area contributed by atoms with Crippen LogP contribution in [0.2, 0.25) is 0 Å². The maximum absolute atomic E-state index is 12.2. The Morgan fingerprint density at radius 1 is 1.31 bits per heavy atom. The van der Waals surface area contributed by atoms with E-state index in [1.54, 1.807) is 43.4 Å². The number of benzene rings is 1. The highest BCUT2D eigenvalue weighted by Crippen LogP contribution is 2.36. The molecule has 1 fully saturated rings. The zero-order chi connectivity index (χ0) is 19.1. The number of thiophene rings is 1. The van der Waals surface area contributed by atoms with Crippen molar-refractivity contribution in [3.63, 3.8) is 0 Å². The number of nitrogens with one attached hydrogen (secondary N) is 2. The summed E-state index contributed by atoms with van der Waals surface area (Å²) in [6.45, 7) is 1.94. The number of hydrogen-bond donors (Lipinski definition) is 2. The highest BCUT2D eigenvalue weighted by atomic mass is 32.1. The van der Waals surface area contributed by atoms with Gasteiger partial charge in [0.2, 0.25) is 5.91 Å². The van der Waals surface area contributed by atoms with Crippen LogP contribution in [0.1, 0.15) is 28.6 Å². The highest BCUT2D eigenvalue weighted by Gasteiger charge is 2.38. The van der Waals surface area contributed by atoms with Gasteiger partial charge in [-0.15, -0.1) is 11.3 Å². The quantitative estimate of drug-likeness (QED) is 0.872. The number of carbonyl (C=O) groups is 2. The molecule has 1 aliphatic rings. The van der Waals surface area contributed by atoms with Crippen molar-refractivity contribution in [3.8, 4) is 11.1 Å². The molecule has 3 rings (SSSR count). The monoisotopic (exact) mass is 370 g/mol. The summed E-state index contributed by atoms with van der Waals surface area (Å²) in [7, 11) is 5.07. The fourth-order valence-electron chi connectivity index (χ4n) is 2.95. The normalized spacial score (nSPS) is 20.1.